The molecule has 1 aliphatic rings. The van der Waals surface area contributed by atoms with Gasteiger partial charge in [0.25, 0.3) is 0 Å². The van der Waals surface area contributed by atoms with Crippen molar-refractivity contribution in [2.24, 2.45) is 0 Å². The summed E-state index contributed by atoms with van der Waals surface area (Å²) < 4.78 is 31.8. The third-order valence-corrected chi connectivity index (χ3v) is 4.94. The van der Waals surface area contributed by atoms with Crippen LogP contribution in [-0.4, -0.2) is 31.5 Å². The minimum Gasteiger partial charge on any atom is -0.473 e. The van der Waals surface area contributed by atoms with Gasteiger partial charge in [0.05, 0.1) is 12.2 Å². The van der Waals surface area contributed by atoms with Crippen molar-refractivity contribution in [1.29, 1.82) is 0 Å². The normalized spacial score (nSPS) is 13.0. The van der Waals surface area contributed by atoms with Gasteiger partial charge in [-0.1, -0.05) is 10.3 Å². The Bertz CT molecular complexity index is 1170. The number of fused-ring (bicyclic) bond motifs is 1. The SMILES string of the molecule is Cc1onc(-c2ccc(F)cc2)c1COc1ccc(-c2nnc3n2CCCO3)cn1. The molecular weight excluding hydrogens is 389 g/mol. The van der Waals surface area contributed by atoms with Crippen molar-refractivity contribution >= 4 is 0 Å². The lowest BCUT2D eigenvalue weighted by Gasteiger charge is -2.15. The van der Waals surface area contributed by atoms with Crippen LogP contribution in [0.2, 0.25) is 0 Å². The van der Waals surface area contributed by atoms with E-state index in [1.807, 2.05) is 17.6 Å². The van der Waals surface area contributed by atoms with Gasteiger partial charge < -0.3 is 14.0 Å². The fourth-order valence-electron chi connectivity index (χ4n) is 3.34. The highest BCUT2D eigenvalue weighted by Crippen LogP contribution is 2.28. The van der Waals surface area contributed by atoms with Crippen LogP contribution in [0.5, 0.6) is 11.9 Å². The van der Waals surface area contributed by atoms with E-state index in [9.17, 15) is 4.39 Å². The minimum atomic E-state index is -0.304. The van der Waals surface area contributed by atoms with Crippen molar-refractivity contribution in [3.8, 4) is 34.5 Å². The molecule has 1 aromatic carbocycles. The lowest BCUT2D eigenvalue weighted by atomic mass is 10.1. The van der Waals surface area contributed by atoms with Gasteiger partial charge in [-0.3, -0.25) is 4.57 Å². The smallest absolute Gasteiger partial charge is 0.317 e. The predicted molar refractivity (Wildman–Crippen MR) is 104 cm³/mol. The highest BCUT2D eigenvalue weighted by Gasteiger charge is 2.19. The summed E-state index contributed by atoms with van der Waals surface area (Å²) in [5, 5.41) is 12.4. The Kier molecular flexibility index (Phi) is 4.62. The van der Waals surface area contributed by atoms with E-state index in [4.69, 9.17) is 14.0 Å². The molecule has 152 valence electrons. The quantitative estimate of drug-likeness (QED) is 0.497. The van der Waals surface area contributed by atoms with E-state index in [0.717, 1.165) is 35.5 Å². The molecule has 30 heavy (non-hydrogen) atoms. The van der Waals surface area contributed by atoms with Crippen molar-refractivity contribution in [2.75, 3.05) is 6.61 Å². The summed E-state index contributed by atoms with van der Waals surface area (Å²) in [6.45, 7) is 3.51. The molecule has 0 radical (unpaired) electrons. The maximum absolute atomic E-state index is 13.2. The van der Waals surface area contributed by atoms with Crippen LogP contribution < -0.4 is 9.47 Å². The Morgan fingerprint density at radius 2 is 1.93 bits per heavy atom. The first-order chi connectivity index (χ1) is 14.7. The molecule has 9 heteroatoms. The molecule has 4 aromatic rings. The zero-order valence-electron chi connectivity index (χ0n) is 16.2. The molecule has 0 amide bonds. The van der Waals surface area contributed by atoms with E-state index in [-0.39, 0.29) is 12.4 Å². The number of halogens is 1. The average molecular weight is 407 g/mol. The molecule has 3 aromatic heterocycles. The van der Waals surface area contributed by atoms with Gasteiger partial charge >= 0.3 is 6.01 Å². The van der Waals surface area contributed by atoms with Gasteiger partial charge in [-0.05, 0) is 43.7 Å². The summed E-state index contributed by atoms with van der Waals surface area (Å²) in [5.41, 5.74) is 3.00. The highest BCUT2D eigenvalue weighted by atomic mass is 19.1. The molecule has 0 fully saturated rings. The van der Waals surface area contributed by atoms with E-state index in [2.05, 4.69) is 20.3 Å². The number of nitrogens with zero attached hydrogens (tertiary/aromatic N) is 5. The average Bonchev–Trinajstić information content (AvgIpc) is 3.37. The Morgan fingerprint density at radius 1 is 1.10 bits per heavy atom. The predicted octanol–water partition coefficient (Wildman–Crippen LogP) is 3.80. The number of hydrogen-bond donors (Lipinski definition) is 0. The van der Waals surface area contributed by atoms with Crippen molar-refractivity contribution in [2.45, 2.75) is 26.5 Å². The van der Waals surface area contributed by atoms with Crippen LogP contribution >= 0.6 is 0 Å². The van der Waals surface area contributed by atoms with Crippen LogP contribution in [0.3, 0.4) is 0 Å². The molecule has 0 aliphatic carbocycles. The third kappa shape index (κ3) is 3.38. The van der Waals surface area contributed by atoms with Gasteiger partial charge in [0, 0.05) is 29.9 Å². The molecule has 0 bridgehead atoms. The Morgan fingerprint density at radius 3 is 2.73 bits per heavy atom. The fraction of sp³-hybridized carbons (Fsp3) is 0.238. The maximum Gasteiger partial charge on any atom is 0.317 e. The second-order valence-corrected chi connectivity index (χ2v) is 6.91. The Labute approximate surface area is 171 Å². The standard InChI is InChI=1S/C21H18FN5O3/c1-13-17(19(26-30-13)14-3-6-16(22)7-4-14)12-29-18-8-5-15(11-23-18)20-24-25-21-27(20)9-2-10-28-21/h3-8,11H,2,9-10,12H2,1H3. The number of hydrogen-bond acceptors (Lipinski definition) is 7. The molecular formula is C21H18FN5O3. The molecule has 0 N–H and O–H groups in total. The summed E-state index contributed by atoms with van der Waals surface area (Å²) in [6.07, 6.45) is 2.61. The van der Waals surface area contributed by atoms with E-state index < -0.39 is 0 Å². The van der Waals surface area contributed by atoms with E-state index in [1.54, 1.807) is 24.4 Å². The maximum atomic E-state index is 13.2. The molecule has 0 atom stereocenters. The van der Waals surface area contributed by atoms with E-state index in [1.165, 1.54) is 12.1 Å². The van der Waals surface area contributed by atoms with Crippen molar-refractivity contribution in [3.05, 3.63) is 59.7 Å². The molecule has 0 saturated carbocycles. The highest BCUT2D eigenvalue weighted by molar-refractivity contribution is 5.63. The van der Waals surface area contributed by atoms with Crippen molar-refractivity contribution in [3.63, 3.8) is 0 Å². The molecule has 4 heterocycles. The number of ether oxygens (including phenoxy) is 2. The van der Waals surface area contributed by atoms with Crippen molar-refractivity contribution < 1.29 is 18.4 Å². The van der Waals surface area contributed by atoms with Gasteiger partial charge in [-0.15, -0.1) is 5.10 Å². The number of pyridine rings is 1. The summed E-state index contributed by atoms with van der Waals surface area (Å²) in [7, 11) is 0. The molecule has 0 unspecified atom stereocenters. The van der Waals surface area contributed by atoms with Crippen LogP contribution in [-0.2, 0) is 13.2 Å². The van der Waals surface area contributed by atoms with Gasteiger partial charge in [0.1, 0.15) is 23.9 Å². The zero-order valence-corrected chi connectivity index (χ0v) is 16.2. The van der Waals surface area contributed by atoms with Crippen LogP contribution in [0.1, 0.15) is 17.7 Å². The van der Waals surface area contributed by atoms with E-state index in [0.29, 0.717) is 30.0 Å². The minimum absolute atomic E-state index is 0.225. The van der Waals surface area contributed by atoms with E-state index >= 15 is 0 Å². The largest absolute Gasteiger partial charge is 0.473 e. The second kappa shape index (κ2) is 7.58. The number of aromatic nitrogens is 5. The third-order valence-electron chi connectivity index (χ3n) is 4.94. The summed E-state index contributed by atoms with van der Waals surface area (Å²) in [5.74, 6) is 1.51. The van der Waals surface area contributed by atoms with Crippen LogP contribution in [0, 0.1) is 12.7 Å². The first kappa shape index (κ1) is 18.3. The lowest BCUT2D eigenvalue weighted by Crippen LogP contribution is -2.14. The molecule has 8 nitrogen and oxygen atoms in total. The van der Waals surface area contributed by atoms with Crippen LogP contribution in [0.25, 0.3) is 22.6 Å². The lowest BCUT2D eigenvalue weighted by molar-refractivity contribution is 0.231. The number of aryl methyl sites for hydroxylation is 1. The zero-order chi connectivity index (χ0) is 20.5. The van der Waals surface area contributed by atoms with Gasteiger partial charge in [0.15, 0.2) is 5.82 Å². The van der Waals surface area contributed by atoms with Crippen molar-refractivity contribution in [1.82, 2.24) is 24.9 Å². The first-order valence-corrected chi connectivity index (χ1v) is 9.55. The molecule has 0 saturated heterocycles. The van der Waals surface area contributed by atoms with Gasteiger partial charge in [-0.2, -0.15) is 0 Å². The van der Waals surface area contributed by atoms with Crippen LogP contribution in [0.15, 0.2) is 47.1 Å². The number of rotatable bonds is 5. The summed E-state index contributed by atoms with van der Waals surface area (Å²) in [4.78, 5) is 4.38. The topological polar surface area (TPSA) is 88.1 Å². The molecule has 0 spiro atoms. The fourth-order valence-corrected chi connectivity index (χ4v) is 3.34. The monoisotopic (exact) mass is 407 g/mol. The van der Waals surface area contributed by atoms with Crippen LogP contribution in [0.4, 0.5) is 4.39 Å². The Hall–Kier alpha value is -3.75. The molecule has 5 rings (SSSR count). The first-order valence-electron chi connectivity index (χ1n) is 9.55. The van der Waals surface area contributed by atoms with Gasteiger partial charge in [-0.25, -0.2) is 9.37 Å². The summed E-state index contributed by atoms with van der Waals surface area (Å²) >= 11 is 0. The number of benzene rings is 1. The van der Waals surface area contributed by atoms with Gasteiger partial charge in [0.2, 0.25) is 5.88 Å². The summed E-state index contributed by atoms with van der Waals surface area (Å²) in [6, 6.07) is 10.3. The Balaban J connectivity index is 1.33. The molecule has 1 aliphatic heterocycles. The second-order valence-electron chi connectivity index (χ2n) is 6.91.